The smallest absolute Gasteiger partial charge is 0.212 e. The zero-order valence-electron chi connectivity index (χ0n) is 12.3. The minimum absolute atomic E-state index is 0.104. The lowest BCUT2D eigenvalue weighted by Crippen LogP contribution is -2.43. The van der Waals surface area contributed by atoms with E-state index in [9.17, 15) is 8.42 Å². The molecule has 0 heterocycles. The molecule has 0 unspecified atom stereocenters. The number of hydrogen-bond donors (Lipinski definition) is 0. The summed E-state index contributed by atoms with van der Waals surface area (Å²) in [5.41, 5.74) is 0. The second-order valence-electron chi connectivity index (χ2n) is 5.55. The molecule has 0 aromatic rings. The Kier molecular flexibility index (Phi) is 7.70. The molecule has 0 radical (unpaired) electrons. The van der Waals surface area contributed by atoms with E-state index in [4.69, 9.17) is 11.6 Å². The minimum Gasteiger partial charge on any atom is -0.212 e. The van der Waals surface area contributed by atoms with E-state index in [-0.39, 0.29) is 6.04 Å². The van der Waals surface area contributed by atoms with Gasteiger partial charge in [-0.25, -0.2) is 8.42 Å². The molecule has 0 N–H and O–H groups in total. The topological polar surface area (TPSA) is 37.4 Å². The van der Waals surface area contributed by atoms with Crippen molar-refractivity contribution >= 4 is 21.6 Å². The Bertz CT molecular complexity index is 335. The zero-order valence-corrected chi connectivity index (χ0v) is 13.8. The predicted octanol–water partition coefficient (Wildman–Crippen LogP) is 3.63. The summed E-state index contributed by atoms with van der Waals surface area (Å²) in [5, 5.41) is 0. The van der Waals surface area contributed by atoms with Gasteiger partial charge in [-0.1, -0.05) is 33.1 Å². The molecule has 0 atom stereocenters. The number of alkyl halides is 1. The molecule has 0 saturated heterocycles. The summed E-state index contributed by atoms with van der Waals surface area (Å²) in [6.45, 7) is 4.54. The van der Waals surface area contributed by atoms with Gasteiger partial charge in [-0.15, -0.1) is 11.6 Å². The molecule has 3 nitrogen and oxygen atoms in total. The molecule has 1 aliphatic carbocycles. The van der Waals surface area contributed by atoms with E-state index < -0.39 is 10.0 Å². The van der Waals surface area contributed by atoms with Crippen molar-refractivity contribution in [1.29, 1.82) is 0 Å². The van der Waals surface area contributed by atoms with Crippen LogP contribution in [0.15, 0.2) is 0 Å². The van der Waals surface area contributed by atoms with Crippen LogP contribution >= 0.6 is 11.6 Å². The Morgan fingerprint density at radius 3 is 2.21 bits per heavy atom. The first-order valence-electron chi connectivity index (χ1n) is 7.60. The van der Waals surface area contributed by atoms with Crippen molar-refractivity contribution in [2.45, 2.75) is 64.8 Å². The van der Waals surface area contributed by atoms with Gasteiger partial charge in [0, 0.05) is 18.5 Å². The molecule has 1 fully saturated rings. The summed E-state index contributed by atoms with van der Waals surface area (Å²) in [5.74, 6) is 1.05. The van der Waals surface area contributed by atoms with Crippen LogP contribution < -0.4 is 0 Å². The highest BCUT2D eigenvalue weighted by atomic mass is 35.5. The highest BCUT2D eigenvalue weighted by Crippen LogP contribution is 2.27. The molecule has 5 heteroatoms. The zero-order chi connectivity index (χ0) is 14.3. The number of hydrogen-bond acceptors (Lipinski definition) is 2. The van der Waals surface area contributed by atoms with Gasteiger partial charge in [0.2, 0.25) is 10.0 Å². The normalized spacial score (nSPS) is 18.4. The molecular formula is C14H28ClNO2S. The largest absolute Gasteiger partial charge is 0.214 e. The fraction of sp³-hybridized carbons (Fsp3) is 1.00. The first-order valence-corrected chi connectivity index (χ1v) is 9.75. The first kappa shape index (κ1) is 17.3. The summed E-state index contributed by atoms with van der Waals surface area (Å²) in [6, 6.07) is 0.104. The van der Waals surface area contributed by atoms with E-state index in [1.807, 2.05) is 13.8 Å². The number of halogens is 1. The van der Waals surface area contributed by atoms with Crippen LogP contribution in [-0.4, -0.2) is 36.9 Å². The van der Waals surface area contributed by atoms with Gasteiger partial charge in [-0.2, -0.15) is 4.31 Å². The van der Waals surface area contributed by atoms with Crippen molar-refractivity contribution in [3.8, 4) is 0 Å². The Balaban J connectivity index is 2.73. The van der Waals surface area contributed by atoms with Crippen molar-refractivity contribution in [2.24, 2.45) is 5.92 Å². The van der Waals surface area contributed by atoms with E-state index in [0.29, 0.717) is 24.1 Å². The molecule has 1 rings (SSSR count). The summed E-state index contributed by atoms with van der Waals surface area (Å²) < 4.78 is 26.9. The maximum Gasteiger partial charge on any atom is 0.214 e. The van der Waals surface area contributed by atoms with E-state index in [0.717, 1.165) is 25.7 Å². The number of sulfonamides is 1. The van der Waals surface area contributed by atoms with Gasteiger partial charge in [-0.05, 0) is 31.6 Å². The van der Waals surface area contributed by atoms with Gasteiger partial charge in [0.25, 0.3) is 0 Å². The van der Waals surface area contributed by atoms with Gasteiger partial charge in [0.15, 0.2) is 0 Å². The Labute approximate surface area is 123 Å². The van der Waals surface area contributed by atoms with Crippen LogP contribution in [0.4, 0.5) is 0 Å². The van der Waals surface area contributed by atoms with Crippen LogP contribution in [0.1, 0.15) is 58.8 Å². The molecule has 0 aromatic carbocycles. The molecule has 0 amide bonds. The second kappa shape index (κ2) is 8.48. The van der Waals surface area contributed by atoms with Gasteiger partial charge in [0.05, 0.1) is 5.75 Å². The summed E-state index contributed by atoms with van der Waals surface area (Å²) in [7, 11) is -3.16. The maximum absolute atomic E-state index is 12.6. The third kappa shape index (κ3) is 5.24. The molecule has 1 saturated carbocycles. The first-order chi connectivity index (χ1) is 9.05. The SMILES string of the molecule is CCC(CC)N(CCCl)S(=O)(=O)CC1CCCCC1. The lowest BCUT2D eigenvalue weighted by molar-refractivity contribution is 0.308. The minimum atomic E-state index is -3.16. The predicted molar refractivity (Wildman–Crippen MR) is 82.2 cm³/mol. The van der Waals surface area contributed by atoms with Crippen molar-refractivity contribution in [2.75, 3.05) is 18.2 Å². The van der Waals surface area contributed by atoms with Crippen LogP contribution in [0.2, 0.25) is 0 Å². The van der Waals surface area contributed by atoms with Crippen molar-refractivity contribution in [1.82, 2.24) is 4.31 Å². The molecule has 0 bridgehead atoms. The van der Waals surface area contributed by atoms with Crippen LogP contribution in [0, 0.1) is 5.92 Å². The molecule has 114 valence electrons. The lowest BCUT2D eigenvalue weighted by Gasteiger charge is -2.31. The fourth-order valence-electron chi connectivity index (χ4n) is 3.08. The average Bonchev–Trinajstić information content (AvgIpc) is 2.39. The van der Waals surface area contributed by atoms with Crippen LogP contribution in [0.25, 0.3) is 0 Å². The number of rotatable bonds is 8. The Morgan fingerprint density at radius 2 is 1.74 bits per heavy atom. The quantitative estimate of drug-likeness (QED) is 0.642. The highest BCUT2D eigenvalue weighted by molar-refractivity contribution is 7.89. The van der Waals surface area contributed by atoms with Gasteiger partial charge >= 0.3 is 0 Å². The lowest BCUT2D eigenvalue weighted by atomic mass is 9.91. The second-order valence-corrected chi connectivity index (χ2v) is 7.90. The van der Waals surface area contributed by atoms with Crippen LogP contribution in [0.3, 0.4) is 0 Å². The fourth-order valence-corrected chi connectivity index (χ4v) is 5.60. The van der Waals surface area contributed by atoms with E-state index >= 15 is 0 Å². The third-order valence-electron chi connectivity index (χ3n) is 4.18. The Hall–Kier alpha value is 0.200. The third-order valence-corrected chi connectivity index (χ3v) is 6.44. The summed E-state index contributed by atoms with van der Waals surface area (Å²) in [6.07, 6.45) is 7.47. The van der Waals surface area contributed by atoms with Crippen molar-refractivity contribution < 1.29 is 8.42 Å². The molecule has 0 spiro atoms. The van der Waals surface area contributed by atoms with Crippen molar-refractivity contribution in [3.05, 3.63) is 0 Å². The Morgan fingerprint density at radius 1 is 1.16 bits per heavy atom. The number of nitrogens with zero attached hydrogens (tertiary/aromatic N) is 1. The molecule has 0 aliphatic heterocycles. The monoisotopic (exact) mass is 309 g/mol. The highest BCUT2D eigenvalue weighted by Gasteiger charge is 2.30. The van der Waals surface area contributed by atoms with E-state index in [1.165, 1.54) is 19.3 Å². The van der Waals surface area contributed by atoms with Gasteiger partial charge in [-0.3, -0.25) is 0 Å². The molecule has 0 aromatic heterocycles. The molecular weight excluding hydrogens is 282 g/mol. The average molecular weight is 310 g/mol. The van der Waals surface area contributed by atoms with Crippen LogP contribution in [0.5, 0.6) is 0 Å². The molecule has 1 aliphatic rings. The summed E-state index contributed by atoms with van der Waals surface area (Å²) >= 11 is 5.80. The summed E-state index contributed by atoms with van der Waals surface area (Å²) in [4.78, 5) is 0. The van der Waals surface area contributed by atoms with Crippen LogP contribution in [-0.2, 0) is 10.0 Å². The van der Waals surface area contributed by atoms with Crippen molar-refractivity contribution in [3.63, 3.8) is 0 Å². The van der Waals surface area contributed by atoms with Gasteiger partial charge < -0.3 is 0 Å². The van der Waals surface area contributed by atoms with Gasteiger partial charge in [0.1, 0.15) is 0 Å². The maximum atomic E-state index is 12.6. The van der Waals surface area contributed by atoms with E-state index in [2.05, 4.69) is 0 Å². The standard InChI is InChI=1S/C14H28ClNO2S/c1-3-14(4-2)16(11-10-15)19(17,18)12-13-8-6-5-7-9-13/h13-14H,3-12H2,1-2H3. The molecule has 19 heavy (non-hydrogen) atoms. The van der Waals surface area contributed by atoms with E-state index in [1.54, 1.807) is 4.31 Å².